The lowest BCUT2D eigenvalue weighted by molar-refractivity contribution is 0.00704. The Morgan fingerprint density at radius 2 is 1.85 bits per heavy atom. The van der Waals surface area contributed by atoms with Crippen molar-refractivity contribution in [2.45, 2.75) is 59.7 Å². The van der Waals surface area contributed by atoms with Gasteiger partial charge in [0.1, 0.15) is 15.6 Å². The van der Waals surface area contributed by atoms with E-state index in [0.29, 0.717) is 17.1 Å². The summed E-state index contributed by atoms with van der Waals surface area (Å²) in [6, 6.07) is 3.68. The zero-order valence-corrected chi connectivity index (χ0v) is 22.2. The Bertz CT molecular complexity index is 1200. The van der Waals surface area contributed by atoms with Crippen LogP contribution in [-0.4, -0.2) is 40.7 Å². The molecular formula is C25H32N4O3S2. The maximum Gasteiger partial charge on any atom is 0.341 e. The van der Waals surface area contributed by atoms with Crippen LogP contribution in [-0.2, 0) is 24.2 Å². The van der Waals surface area contributed by atoms with Crippen LogP contribution in [0.15, 0.2) is 24.5 Å². The molecule has 0 unspecified atom stereocenters. The first-order valence-electron chi connectivity index (χ1n) is 11.4. The molecule has 0 bridgehead atoms. The van der Waals surface area contributed by atoms with E-state index in [1.54, 1.807) is 11.3 Å². The van der Waals surface area contributed by atoms with E-state index in [1.807, 2.05) is 59.1 Å². The summed E-state index contributed by atoms with van der Waals surface area (Å²) < 4.78 is 7.69. The lowest BCUT2D eigenvalue weighted by atomic mass is 10.0. The van der Waals surface area contributed by atoms with Gasteiger partial charge in [0, 0.05) is 47.3 Å². The van der Waals surface area contributed by atoms with Gasteiger partial charge in [0.2, 0.25) is 0 Å². The summed E-state index contributed by atoms with van der Waals surface area (Å²) in [6.45, 7) is 11.7. The van der Waals surface area contributed by atoms with Gasteiger partial charge < -0.3 is 19.5 Å². The first-order valence-corrected chi connectivity index (χ1v) is 13.0. The van der Waals surface area contributed by atoms with E-state index in [0.717, 1.165) is 40.5 Å². The van der Waals surface area contributed by atoms with Crippen molar-refractivity contribution >= 4 is 39.7 Å². The van der Waals surface area contributed by atoms with Crippen LogP contribution in [0.5, 0.6) is 0 Å². The molecule has 0 spiro atoms. The number of carbonyl (C=O) groups excluding carboxylic acids is 2. The molecule has 4 rings (SSSR count). The standard InChI is InChI=1S/C25H32N4O3S2/c1-15-16(2)33-21(20(15)23(30)32-25(3,4)5)27-24(31)26-13-18-17-9-12-28(6)14-19(17)34-22(18)29-10-7-8-11-29/h7-8,10-11H,9,12-14H2,1-6H3,(H2,26,27,31). The predicted octanol–water partition coefficient (Wildman–Crippen LogP) is 5.48. The maximum absolute atomic E-state index is 12.9. The van der Waals surface area contributed by atoms with E-state index < -0.39 is 11.6 Å². The van der Waals surface area contributed by atoms with Gasteiger partial charge in [-0.25, -0.2) is 9.59 Å². The quantitative estimate of drug-likeness (QED) is 0.455. The normalized spacial score (nSPS) is 14.1. The van der Waals surface area contributed by atoms with E-state index in [-0.39, 0.29) is 6.03 Å². The highest BCUT2D eigenvalue weighted by Crippen LogP contribution is 2.36. The number of hydrogen-bond acceptors (Lipinski definition) is 6. The summed E-state index contributed by atoms with van der Waals surface area (Å²) in [5.41, 5.74) is 3.14. The number of amides is 2. The Balaban J connectivity index is 1.53. The summed E-state index contributed by atoms with van der Waals surface area (Å²) >= 11 is 3.18. The van der Waals surface area contributed by atoms with E-state index in [9.17, 15) is 9.59 Å². The third-order valence-electron chi connectivity index (χ3n) is 5.82. The number of likely N-dealkylation sites (N-methyl/N-ethyl adjacent to an activating group) is 1. The van der Waals surface area contributed by atoms with Crippen molar-refractivity contribution in [3.63, 3.8) is 0 Å². The van der Waals surface area contributed by atoms with Gasteiger partial charge in [0.25, 0.3) is 0 Å². The van der Waals surface area contributed by atoms with Crippen LogP contribution in [0, 0.1) is 13.8 Å². The third-order valence-corrected chi connectivity index (χ3v) is 8.21. The van der Waals surface area contributed by atoms with E-state index in [1.165, 1.54) is 21.8 Å². The van der Waals surface area contributed by atoms with Crippen LogP contribution in [0.2, 0.25) is 0 Å². The zero-order chi connectivity index (χ0) is 24.6. The van der Waals surface area contributed by atoms with Crippen molar-refractivity contribution < 1.29 is 14.3 Å². The molecule has 0 aliphatic carbocycles. The number of aromatic nitrogens is 1. The van der Waals surface area contributed by atoms with Gasteiger partial charge >= 0.3 is 12.0 Å². The number of rotatable bonds is 5. The SMILES string of the molecule is Cc1sc(NC(=O)NCc2c(-n3cccc3)sc3c2CCN(C)C3)c(C(=O)OC(C)(C)C)c1C. The number of nitrogens with one attached hydrogen (secondary N) is 2. The molecule has 0 saturated heterocycles. The molecule has 1 aliphatic heterocycles. The molecule has 2 amide bonds. The minimum atomic E-state index is -0.611. The molecular weight excluding hydrogens is 468 g/mol. The molecule has 3 aromatic heterocycles. The molecule has 0 aromatic carbocycles. The number of hydrogen-bond donors (Lipinski definition) is 2. The van der Waals surface area contributed by atoms with Gasteiger partial charge in [-0.05, 0) is 71.3 Å². The van der Waals surface area contributed by atoms with E-state index in [2.05, 4.69) is 27.1 Å². The second kappa shape index (κ2) is 9.56. The smallest absolute Gasteiger partial charge is 0.341 e. The molecule has 2 N–H and O–H groups in total. The fraction of sp³-hybridized carbons (Fsp3) is 0.440. The number of aryl methyl sites for hydroxylation is 1. The summed E-state index contributed by atoms with van der Waals surface area (Å²) in [5, 5.41) is 7.58. The third kappa shape index (κ3) is 5.21. The van der Waals surface area contributed by atoms with Gasteiger partial charge in [-0.3, -0.25) is 5.32 Å². The highest BCUT2D eigenvalue weighted by molar-refractivity contribution is 7.16. The summed E-state index contributed by atoms with van der Waals surface area (Å²) in [5.74, 6) is -0.421. The van der Waals surface area contributed by atoms with Crippen LogP contribution >= 0.6 is 22.7 Å². The highest BCUT2D eigenvalue weighted by atomic mass is 32.1. The fourth-order valence-corrected chi connectivity index (χ4v) is 6.50. The average molecular weight is 501 g/mol. The molecule has 0 saturated carbocycles. The van der Waals surface area contributed by atoms with Gasteiger partial charge in [-0.2, -0.15) is 0 Å². The molecule has 3 aromatic rings. The number of ether oxygens (including phenoxy) is 1. The molecule has 34 heavy (non-hydrogen) atoms. The minimum absolute atomic E-state index is 0.336. The van der Waals surface area contributed by atoms with Crippen LogP contribution < -0.4 is 10.6 Å². The lowest BCUT2D eigenvalue weighted by Gasteiger charge is -2.22. The van der Waals surface area contributed by atoms with Gasteiger partial charge in [0.15, 0.2) is 0 Å². The van der Waals surface area contributed by atoms with Crippen LogP contribution in [0.3, 0.4) is 0 Å². The fourth-order valence-electron chi connectivity index (χ4n) is 4.05. The number of thiophene rings is 2. The molecule has 0 fully saturated rings. The molecule has 9 heteroatoms. The number of carbonyl (C=O) groups is 2. The molecule has 0 radical (unpaired) electrons. The average Bonchev–Trinajstić information content (AvgIpc) is 3.43. The Morgan fingerprint density at radius 3 is 2.53 bits per heavy atom. The van der Waals surface area contributed by atoms with E-state index >= 15 is 0 Å². The minimum Gasteiger partial charge on any atom is -0.456 e. The number of nitrogens with zero attached hydrogens (tertiary/aromatic N) is 2. The monoisotopic (exact) mass is 500 g/mol. The number of anilines is 1. The lowest BCUT2D eigenvalue weighted by Crippen LogP contribution is -2.31. The van der Waals surface area contributed by atoms with Gasteiger partial charge in [0.05, 0.1) is 5.56 Å². The maximum atomic E-state index is 12.9. The van der Waals surface area contributed by atoms with Crippen molar-refractivity contribution in [3.05, 3.63) is 56.5 Å². The Kier molecular flexibility index (Phi) is 6.89. The first-order chi connectivity index (χ1) is 16.0. The highest BCUT2D eigenvalue weighted by Gasteiger charge is 2.27. The summed E-state index contributed by atoms with van der Waals surface area (Å²) in [7, 11) is 2.14. The van der Waals surface area contributed by atoms with Crippen LogP contribution in [0.25, 0.3) is 5.00 Å². The Hall–Kier alpha value is -2.62. The number of urea groups is 1. The molecule has 0 atom stereocenters. The second-order valence-corrected chi connectivity index (χ2v) is 12.0. The number of fused-ring (bicyclic) bond motifs is 1. The predicted molar refractivity (Wildman–Crippen MR) is 139 cm³/mol. The van der Waals surface area contributed by atoms with Crippen molar-refractivity contribution in [2.24, 2.45) is 0 Å². The van der Waals surface area contributed by atoms with Crippen molar-refractivity contribution in [1.29, 1.82) is 0 Å². The first kappa shape index (κ1) is 24.5. The topological polar surface area (TPSA) is 75.6 Å². The molecule has 7 nitrogen and oxygen atoms in total. The van der Waals surface area contributed by atoms with Crippen molar-refractivity contribution in [3.8, 4) is 5.00 Å². The molecule has 4 heterocycles. The second-order valence-electron chi connectivity index (χ2n) is 9.66. The number of esters is 1. The largest absolute Gasteiger partial charge is 0.456 e. The van der Waals surface area contributed by atoms with Gasteiger partial charge in [-0.15, -0.1) is 22.7 Å². The van der Waals surface area contributed by atoms with Crippen molar-refractivity contribution in [1.82, 2.24) is 14.8 Å². The summed E-state index contributed by atoms with van der Waals surface area (Å²) in [4.78, 5) is 30.4. The zero-order valence-electron chi connectivity index (χ0n) is 20.6. The molecule has 182 valence electrons. The van der Waals surface area contributed by atoms with E-state index in [4.69, 9.17) is 4.74 Å². The van der Waals surface area contributed by atoms with Crippen LogP contribution in [0.4, 0.5) is 9.80 Å². The van der Waals surface area contributed by atoms with Crippen LogP contribution in [0.1, 0.15) is 57.6 Å². The Labute approximate surface area is 208 Å². The Morgan fingerprint density at radius 1 is 1.15 bits per heavy atom. The van der Waals surface area contributed by atoms with Crippen molar-refractivity contribution in [2.75, 3.05) is 18.9 Å². The van der Waals surface area contributed by atoms with Gasteiger partial charge in [-0.1, -0.05) is 0 Å². The molecule has 1 aliphatic rings. The summed E-state index contributed by atoms with van der Waals surface area (Å²) in [6.07, 6.45) is 5.04.